The summed E-state index contributed by atoms with van der Waals surface area (Å²) in [5.41, 5.74) is 0.888. The van der Waals surface area contributed by atoms with E-state index in [0.29, 0.717) is 11.4 Å². The molecule has 140 valence electrons. The van der Waals surface area contributed by atoms with E-state index < -0.39 is 0 Å². The predicted octanol–water partition coefficient (Wildman–Crippen LogP) is 3.67. The molecule has 0 saturated carbocycles. The lowest BCUT2D eigenvalue weighted by Gasteiger charge is -2.33. The van der Waals surface area contributed by atoms with Crippen LogP contribution in [0.5, 0.6) is 0 Å². The minimum absolute atomic E-state index is 0.0619. The average molecular weight is 375 g/mol. The average Bonchev–Trinajstić information content (AvgIpc) is 3.04. The lowest BCUT2D eigenvalue weighted by Crippen LogP contribution is -2.41. The Hall–Kier alpha value is -2.02. The van der Waals surface area contributed by atoms with Crippen LogP contribution in [0.3, 0.4) is 0 Å². The number of piperidine rings is 1. The van der Waals surface area contributed by atoms with E-state index in [-0.39, 0.29) is 17.5 Å². The number of aromatic nitrogens is 3. The van der Waals surface area contributed by atoms with Crippen molar-refractivity contribution in [2.75, 3.05) is 18.0 Å². The number of esters is 1. The molecule has 26 heavy (non-hydrogen) atoms. The number of anilines is 1. The van der Waals surface area contributed by atoms with Crippen molar-refractivity contribution in [1.82, 2.24) is 15.0 Å². The van der Waals surface area contributed by atoms with Crippen LogP contribution in [-0.4, -0.2) is 40.1 Å². The molecule has 0 bridgehead atoms. The second-order valence-electron chi connectivity index (χ2n) is 7.81. The Kier molecular flexibility index (Phi) is 5.27. The van der Waals surface area contributed by atoms with Gasteiger partial charge in [0.1, 0.15) is 22.6 Å². The number of carbonyl (C=O) groups excluding carboxylic acids is 1. The highest BCUT2D eigenvalue weighted by Crippen LogP contribution is 2.28. The van der Waals surface area contributed by atoms with E-state index in [1.54, 1.807) is 6.20 Å². The van der Waals surface area contributed by atoms with E-state index in [2.05, 4.69) is 40.6 Å². The second kappa shape index (κ2) is 7.31. The highest BCUT2D eigenvalue weighted by atomic mass is 32.1. The number of ether oxygens (including phenoxy) is 1. The molecule has 2 aromatic heterocycles. The van der Waals surface area contributed by atoms with Gasteiger partial charge in [-0.3, -0.25) is 0 Å². The maximum Gasteiger partial charge on any atom is 0.350 e. The molecule has 3 rings (SSSR count). The lowest BCUT2D eigenvalue weighted by molar-refractivity contribution is 0.0274. The molecule has 1 fully saturated rings. The molecule has 0 amide bonds. The zero-order valence-electron chi connectivity index (χ0n) is 16.1. The van der Waals surface area contributed by atoms with Gasteiger partial charge < -0.3 is 9.64 Å². The quantitative estimate of drug-likeness (QED) is 0.764. The number of aryl methyl sites for hydroxylation is 2. The lowest BCUT2D eigenvalue weighted by atomic mass is 9.98. The Bertz CT molecular complexity index is 777. The number of hydrogen-bond donors (Lipinski definition) is 0. The van der Waals surface area contributed by atoms with Gasteiger partial charge in [0.2, 0.25) is 0 Å². The summed E-state index contributed by atoms with van der Waals surface area (Å²) in [6, 6.07) is 1.98. The van der Waals surface area contributed by atoms with Gasteiger partial charge >= 0.3 is 5.97 Å². The van der Waals surface area contributed by atoms with Gasteiger partial charge in [0, 0.05) is 23.7 Å². The van der Waals surface area contributed by atoms with Crippen molar-refractivity contribution >= 4 is 23.1 Å². The molecule has 2 aromatic rings. The second-order valence-corrected chi connectivity index (χ2v) is 8.84. The topological polar surface area (TPSA) is 68.2 Å². The van der Waals surface area contributed by atoms with E-state index >= 15 is 0 Å². The molecule has 1 unspecified atom stereocenters. The molecule has 0 spiro atoms. The van der Waals surface area contributed by atoms with Gasteiger partial charge in [0.05, 0.1) is 17.7 Å². The van der Waals surface area contributed by atoms with Crippen LogP contribution in [0.25, 0.3) is 0 Å². The minimum atomic E-state index is -0.278. The van der Waals surface area contributed by atoms with Crippen LogP contribution in [0.1, 0.15) is 59.8 Å². The monoisotopic (exact) mass is 374 g/mol. The summed E-state index contributed by atoms with van der Waals surface area (Å²) in [7, 11) is 0. The summed E-state index contributed by atoms with van der Waals surface area (Å²) in [6.45, 7) is 11.7. The highest BCUT2D eigenvalue weighted by molar-refractivity contribution is 7.13. The molecule has 1 atom stereocenters. The van der Waals surface area contributed by atoms with Gasteiger partial charge in [-0.15, -0.1) is 11.3 Å². The summed E-state index contributed by atoms with van der Waals surface area (Å²) < 4.78 is 5.76. The van der Waals surface area contributed by atoms with Crippen molar-refractivity contribution in [3.63, 3.8) is 0 Å². The summed E-state index contributed by atoms with van der Waals surface area (Å²) in [5.74, 6) is 1.39. The number of thiazole rings is 1. The zero-order chi connectivity index (χ0) is 18.9. The van der Waals surface area contributed by atoms with E-state index in [9.17, 15) is 4.79 Å². The minimum Gasteiger partial charge on any atom is -0.456 e. The van der Waals surface area contributed by atoms with Gasteiger partial charge in [0.25, 0.3) is 0 Å². The molecule has 6 nitrogen and oxygen atoms in total. The largest absolute Gasteiger partial charge is 0.456 e. The molecule has 1 aliphatic heterocycles. The summed E-state index contributed by atoms with van der Waals surface area (Å²) in [6.07, 6.45) is 3.34. The maximum absolute atomic E-state index is 12.5. The first kappa shape index (κ1) is 18.8. The molecular formula is C19H26N4O2S. The zero-order valence-corrected chi connectivity index (χ0v) is 16.9. The molecular weight excluding hydrogens is 348 g/mol. The molecule has 1 saturated heterocycles. The number of nitrogens with zero attached hydrogens (tertiary/aromatic N) is 4. The Balaban J connectivity index is 1.66. The smallest absolute Gasteiger partial charge is 0.350 e. The number of carbonyl (C=O) groups is 1. The van der Waals surface area contributed by atoms with Gasteiger partial charge in [-0.25, -0.2) is 19.7 Å². The fourth-order valence-corrected chi connectivity index (χ4v) is 3.88. The van der Waals surface area contributed by atoms with Crippen LogP contribution in [0.2, 0.25) is 0 Å². The Morgan fingerprint density at radius 1 is 1.31 bits per heavy atom. The van der Waals surface area contributed by atoms with Gasteiger partial charge in [-0.05, 0) is 26.7 Å². The van der Waals surface area contributed by atoms with Crippen molar-refractivity contribution in [2.45, 2.75) is 59.0 Å². The fraction of sp³-hybridized carbons (Fsp3) is 0.579. The van der Waals surface area contributed by atoms with Crippen molar-refractivity contribution in [3.8, 4) is 0 Å². The van der Waals surface area contributed by atoms with Gasteiger partial charge in [-0.1, -0.05) is 20.8 Å². The molecule has 0 aliphatic carbocycles. The van der Waals surface area contributed by atoms with Gasteiger partial charge in [0.15, 0.2) is 0 Å². The van der Waals surface area contributed by atoms with Gasteiger partial charge in [-0.2, -0.15) is 0 Å². The van der Waals surface area contributed by atoms with Crippen LogP contribution in [0, 0.1) is 13.8 Å². The standard InChI is InChI=1S/C19H26N4O2S/c1-12-9-16(22-13(2)21-12)23-8-6-7-14(11-23)25-17(24)15-10-20-18(26-15)19(3,4)5/h9-10,14H,6-8,11H2,1-5H3. The van der Waals surface area contributed by atoms with E-state index in [1.165, 1.54) is 11.3 Å². The number of hydrogen-bond acceptors (Lipinski definition) is 7. The third kappa shape index (κ3) is 4.38. The highest BCUT2D eigenvalue weighted by Gasteiger charge is 2.27. The first-order chi connectivity index (χ1) is 12.2. The van der Waals surface area contributed by atoms with Crippen molar-refractivity contribution in [1.29, 1.82) is 0 Å². The SMILES string of the molecule is Cc1cc(N2CCCC(OC(=O)c3cnc(C(C)(C)C)s3)C2)nc(C)n1. The number of rotatable bonds is 3. The van der Waals surface area contributed by atoms with Crippen LogP contribution in [0.4, 0.5) is 5.82 Å². The molecule has 1 aliphatic rings. The maximum atomic E-state index is 12.5. The van der Waals surface area contributed by atoms with Crippen LogP contribution >= 0.6 is 11.3 Å². The predicted molar refractivity (Wildman–Crippen MR) is 103 cm³/mol. The van der Waals surface area contributed by atoms with Crippen molar-refractivity contribution in [2.24, 2.45) is 0 Å². The van der Waals surface area contributed by atoms with E-state index in [4.69, 9.17) is 4.74 Å². The molecule has 0 N–H and O–H groups in total. The molecule has 0 aromatic carbocycles. The van der Waals surface area contributed by atoms with Crippen LogP contribution < -0.4 is 4.90 Å². The van der Waals surface area contributed by atoms with E-state index in [0.717, 1.165) is 41.7 Å². The van der Waals surface area contributed by atoms with E-state index in [1.807, 2.05) is 19.9 Å². The van der Waals surface area contributed by atoms with Crippen molar-refractivity contribution in [3.05, 3.63) is 33.7 Å². The molecule has 3 heterocycles. The first-order valence-corrected chi connectivity index (χ1v) is 9.78. The van der Waals surface area contributed by atoms with Crippen LogP contribution in [-0.2, 0) is 10.2 Å². The van der Waals surface area contributed by atoms with Crippen molar-refractivity contribution < 1.29 is 9.53 Å². The summed E-state index contributed by atoms with van der Waals surface area (Å²) in [5, 5.41) is 0.946. The molecule has 7 heteroatoms. The first-order valence-electron chi connectivity index (χ1n) is 8.97. The molecule has 0 radical (unpaired) electrons. The fourth-order valence-electron chi connectivity index (χ4n) is 3.03. The third-order valence-electron chi connectivity index (χ3n) is 4.28. The third-order valence-corrected chi connectivity index (χ3v) is 5.68. The summed E-state index contributed by atoms with van der Waals surface area (Å²) in [4.78, 5) is 28.5. The normalized spacial score (nSPS) is 18.0. The Labute approximate surface area is 158 Å². The summed E-state index contributed by atoms with van der Waals surface area (Å²) >= 11 is 1.42. The van der Waals surface area contributed by atoms with Crippen LogP contribution in [0.15, 0.2) is 12.3 Å². The Morgan fingerprint density at radius 2 is 2.08 bits per heavy atom. The Morgan fingerprint density at radius 3 is 2.73 bits per heavy atom.